The number of halogens is 1. The lowest BCUT2D eigenvalue weighted by Gasteiger charge is -2.11. The van der Waals surface area contributed by atoms with Gasteiger partial charge in [-0.1, -0.05) is 30.7 Å². The molecule has 2 N–H and O–H groups in total. The van der Waals surface area contributed by atoms with Crippen LogP contribution < -0.4 is 5.32 Å². The van der Waals surface area contributed by atoms with Crippen molar-refractivity contribution in [2.75, 3.05) is 5.32 Å². The van der Waals surface area contributed by atoms with Crippen LogP contribution in [0.3, 0.4) is 0 Å². The highest BCUT2D eigenvalue weighted by Crippen LogP contribution is 2.20. The average Bonchev–Trinajstić information content (AvgIpc) is 2.80. The standard InChI is InChI=1S/C15H18ClN3O2/c1-3-12-8-14(19(2)18-12)17-15(21)9-13(20)10-4-6-11(16)7-5-10/h4-8,13,20H,3,9H2,1-2H3,(H,17,21). The number of nitrogens with one attached hydrogen (secondary N) is 1. The van der Waals surface area contributed by atoms with Gasteiger partial charge in [-0.15, -0.1) is 0 Å². The van der Waals surface area contributed by atoms with Crippen LogP contribution in [-0.2, 0) is 18.3 Å². The van der Waals surface area contributed by atoms with Gasteiger partial charge in [0.1, 0.15) is 5.82 Å². The number of benzene rings is 1. The first-order valence-electron chi connectivity index (χ1n) is 6.76. The van der Waals surface area contributed by atoms with Crippen LogP contribution >= 0.6 is 11.6 Å². The molecule has 6 heteroatoms. The Labute approximate surface area is 128 Å². The lowest BCUT2D eigenvalue weighted by Crippen LogP contribution is -2.17. The van der Waals surface area contributed by atoms with Gasteiger partial charge in [-0.2, -0.15) is 5.10 Å². The molecule has 0 aliphatic heterocycles. The van der Waals surface area contributed by atoms with E-state index in [2.05, 4.69) is 10.4 Å². The summed E-state index contributed by atoms with van der Waals surface area (Å²) in [6.45, 7) is 2.00. The highest BCUT2D eigenvalue weighted by Gasteiger charge is 2.14. The van der Waals surface area contributed by atoms with E-state index in [1.807, 2.05) is 13.0 Å². The summed E-state index contributed by atoms with van der Waals surface area (Å²) in [6, 6.07) is 8.62. The molecule has 0 aliphatic rings. The number of aliphatic hydroxyl groups is 1. The van der Waals surface area contributed by atoms with Crippen LogP contribution in [0, 0.1) is 0 Å². The van der Waals surface area contributed by atoms with Crippen molar-refractivity contribution < 1.29 is 9.90 Å². The first-order chi connectivity index (χ1) is 9.99. The molecule has 1 heterocycles. The zero-order valence-corrected chi connectivity index (χ0v) is 12.8. The maximum absolute atomic E-state index is 12.0. The van der Waals surface area contributed by atoms with E-state index in [-0.39, 0.29) is 12.3 Å². The van der Waals surface area contributed by atoms with Gasteiger partial charge in [-0.25, -0.2) is 0 Å². The molecule has 1 aromatic heterocycles. The summed E-state index contributed by atoms with van der Waals surface area (Å²) >= 11 is 5.79. The molecule has 5 nitrogen and oxygen atoms in total. The molecule has 0 saturated heterocycles. The van der Waals surface area contributed by atoms with Crippen molar-refractivity contribution in [3.8, 4) is 0 Å². The van der Waals surface area contributed by atoms with Gasteiger partial charge in [-0.05, 0) is 24.1 Å². The summed E-state index contributed by atoms with van der Waals surface area (Å²) in [5, 5.41) is 17.7. The number of carbonyl (C=O) groups excluding carboxylic acids is 1. The fraction of sp³-hybridized carbons (Fsp3) is 0.333. The van der Waals surface area contributed by atoms with Crippen molar-refractivity contribution in [2.45, 2.75) is 25.9 Å². The number of hydrogen-bond acceptors (Lipinski definition) is 3. The van der Waals surface area contributed by atoms with Gasteiger partial charge >= 0.3 is 0 Å². The molecule has 0 aliphatic carbocycles. The van der Waals surface area contributed by atoms with Crippen molar-refractivity contribution in [3.63, 3.8) is 0 Å². The van der Waals surface area contributed by atoms with Crippen molar-refractivity contribution in [3.05, 3.63) is 46.6 Å². The van der Waals surface area contributed by atoms with Gasteiger partial charge in [0, 0.05) is 18.1 Å². The number of aryl methyl sites for hydroxylation is 2. The zero-order valence-electron chi connectivity index (χ0n) is 12.0. The molecule has 2 aromatic rings. The maximum atomic E-state index is 12.0. The average molecular weight is 308 g/mol. The van der Waals surface area contributed by atoms with Crippen LogP contribution in [-0.4, -0.2) is 20.8 Å². The molecule has 112 valence electrons. The molecular weight excluding hydrogens is 290 g/mol. The number of amides is 1. The predicted octanol–water partition coefficient (Wildman–Crippen LogP) is 2.70. The Bertz CT molecular complexity index is 622. The van der Waals surface area contributed by atoms with Crippen molar-refractivity contribution in [1.82, 2.24) is 9.78 Å². The van der Waals surface area contributed by atoms with Crippen molar-refractivity contribution >= 4 is 23.3 Å². The van der Waals surface area contributed by atoms with E-state index in [9.17, 15) is 9.90 Å². The molecule has 1 amide bonds. The summed E-state index contributed by atoms with van der Waals surface area (Å²) in [7, 11) is 1.77. The highest BCUT2D eigenvalue weighted by molar-refractivity contribution is 6.30. The summed E-state index contributed by atoms with van der Waals surface area (Å²) in [4.78, 5) is 12.0. The van der Waals surface area contributed by atoms with E-state index in [1.54, 1.807) is 36.0 Å². The zero-order chi connectivity index (χ0) is 15.4. The molecule has 0 saturated carbocycles. The molecule has 0 spiro atoms. The van der Waals surface area contributed by atoms with Crippen LogP contribution in [0.5, 0.6) is 0 Å². The third-order valence-electron chi connectivity index (χ3n) is 3.19. The predicted molar refractivity (Wildman–Crippen MR) is 82.2 cm³/mol. The van der Waals surface area contributed by atoms with E-state index >= 15 is 0 Å². The largest absolute Gasteiger partial charge is 0.388 e. The molecule has 0 fully saturated rings. The van der Waals surface area contributed by atoms with Gasteiger partial charge < -0.3 is 10.4 Å². The second-order valence-electron chi connectivity index (χ2n) is 4.82. The maximum Gasteiger partial charge on any atom is 0.228 e. The molecule has 2 rings (SSSR count). The van der Waals surface area contributed by atoms with E-state index < -0.39 is 6.10 Å². The second kappa shape index (κ2) is 6.74. The minimum absolute atomic E-state index is 0.0196. The molecule has 21 heavy (non-hydrogen) atoms. The summed E-state index contributed by atoms with van der Waals surface area (Å²) in [5.41, 5.74) is 1.57. The van der Waals surface area contributed by atoms with E-state index in [4.69, 9.17) is 11.6 Å². The second-order valence-corrected chi connectivity index (χ2v) is 5.25. The molecule has 1 unspecified atom stereocenters. The van der Waals surface area contributed by atoms with E-state index in [0.29, 0.717) is 16.4 Å². The van der Waals surface area contributed by atoms with Crippen LogP contribution in [0.4, 0.5) is 5.82 Å². The Hall–Kier alpha value is -1.85. The molecule has 1 atom stereocenters. The number of carbonyl (C=O) groups is 1. The van der Waals surface area contributed by atoms with Gasteiger partial charge in [0.15, 0.2) is 0 Å². The highest BCUT2D eigenvalue weighted by atomic mass is 35.5. The quantitative estimate of drug-likeness (QED) is 0.892. The van der Waals surface area contributed by atoms with Crippen LogP contribution in [0.1, 0.15) is 30.7 Å². The first kappa shape index (κ1) is 15.5. The van der Waals surface area contributed by atoms with E-state index in [1.165, 1.54) is 0 Å². The molecule has 0 radical (unpaired) electrons. The molecule has 0 bridgehead atoms. The lowest BCUT2D eigenvalue weighted by molar-refractivity contribution is -0.118. The van der Waals surface area contributed by atoms with Crippen molar-refractivity contribution in [1.29, 1.82) is 0 Å². The summed E-state index contributed by atoms with van der Waals surface area (Å²) < 4.78 is 1.62. The monoisotopic (exact) mass is 307 g/mol. The minimum Gasteiger partial charge on any atom is -0.388 e. The third kappa shape index (κ3) is 4.06. The number of rotatable bonds is 5. The van der Waals surface area contributed by atoms with Gasteiger partial charge in [0.25, 0.3) is 0 Å². The Balaban J connectivity index is 1.97. The number of anilines is 1. The topological polar surface area (TPSA) is 67.2 Å². The van der Waals surface area contributed by atoms with Crippen LogP contribution in [0.2, 0.25) is 5.02 Å². The first-order valence-corrected chi connectivity index (χ1v) is 7.13. The molecule has 1 aromatic carbocycles. The summed E-state index contributed by atoms with van der Waals surface area (Å²) in [6.07, 6.45) is -0.0769. The number of aromatic nitrogens is 2. The SMILES string of the molecule is CCc1cc(NC(=O)CC(O)c2ccc(Cl)cc2)n(C)n1. The summed E-state index contributed by atoms with van der Waals surface area (Å²) in [5.74, 6) is 0.364. The number of aliphatic hydroxyl groups excluding tert-OH is 1. The Kier molecular flexibility index (Phi) is 4.98. The van der Waals surface area contributed by atoms with Crippen molar-refractivity contribution in [2.24, 2.45) is 7.05 Å². The third-order valence-corrected chi connectivity index (χ3v) is 3.45. The van der Waals surface area contributed by atoms with Crippen LogP contribution in [0.15, 0.2) is 30.3 Å². The smallest absolute Gasteiger partial charge is 0.228 e. The van der Waals surface area contributed by atoms with Gasteiger partial charge in [0.2, 0.25) is 5.91 Å². The Morgan fingerprint density at radius 2 is 2.10 bits per heavy atom. The lowest BCUT2D eigenvalue weighted by atomic mass is 10.1. The van der Waals surface area contributed by atoms with Gasteiger partial charge in [-0.3, -0.25) is 9.48 Å². The number of hydrogen-bond donors (Lipinski definition) is 2. The Morgan fingerprint density at radius 1 is 1.43 bits per heavy atom. The minimum atomic E-state index is -0.860. The van der Waals surface area contributed by atoms with E-state index in [0.717, 1.165) is 12.1 Å². The molecular formula is C15H18ClN3O2. The fourth-order valence-electron chi connectivity index (χ4n) is 1.99. The fourth-order valence-corrected chi connectivity index (χ4v) is 2.11. The number of nitrogens with zero attached hydrogens (tertiary/aromatic N) is 2. The Morgan fingerprint density at radius 3 is 2.67 bits per heavy atom. The van der Waals surface area contributed by atoms with Gasteiger partial charge in [0.05, 0.1) is 18.2 Å². The normalized spacial score (nSPS) is 12.2. The van der Waals surface area contributed by atoms with Crippen LogP contribution in [0.25, 0.3) is 0 Å².